The summed E-state index contributed by atoms with van der Waals surface area (Å²) in [5.74, 6) is 0.445. The van der Waals surface area contributed by atoms with Crippen molar-refractivity contribution in [2.24, 2.45) is 5.92 Å². The molecule has 0 aliphatic carbocycles. The molecule has 0 spiro atoms. The van der Waals surface area contributed by atoms with Gasteiger partial charge in [-0.05, 0) is 23.6 Å². The number of methoxy groups -OCH3 is 1. The molecule has 0 N–H and O–H groups in total. The summed E-state index contributed by atoms with van der Waals surface area (Å²) in [5.41, 5.74) is 0.879. The molecule has 0 radical (unpaired) electrons. The number of ketones is 1. The van der Waals surface area contributed by atoms with Crippen LogP contribution in [0.3, 0.4) is 0 Å². The summed E-state index contributed by atoms with van der Waals surface area (Å²) in [6.45, 7) is 2.62. The molecule has 4 heteroatoms. The molecular formula is C13H16BrClO2. The van der Waals surface area contributed by atoms with Gasteiger partial charge in [0.2, 0.25) is 0 Å². The van der Waals surface area contributed by atoms with E-state index >= 15 is 0 Å². The standard InChI is InChI=1S/C13H16BrClO2/c1-9(8-17-2)5-12(16)6-10-3-4-11(14)7-13(10)15/h3-4,7,9H,5-6,8H2,1-2H3. The van der Waals surface area contributed by atoms with E-state index in [1.807, 2.05) is 25.1 Å². The number of Topliss-reactive ketones (excluding diaryl/α,β-unsaturated/α-hetero) is 1. The minimum atomic E-state index is 0.193. The lowest BCUT2D eigenvalue weighted by molar-refractivity contribution is -0.119. The summed E-state index contributed by atoms with van der Waals surface area (Å²) in [6.07, 6.45) is 0.917. The number of ether oxygens (including phenoxy) is 1. The fourth-order valence-electron chi connectivity index (χ4n) is 1.68. The van der Waals surface area contributed by atoms with Gasteiger partial charge >= 0.3 is 0 Å². The summed E-state index contributed by atoms with van der Waals surface area (Å²) < 4.78 is 5.93. The monoisotopic (exact) mass is 318 g/mol. The number of carbonyl (C=O) groups excluding carboxylic acids is 1. The first-order chi connectivity index (χ1) is 8.02. The Morgan fingerprint density at radius 2 is 2.24 bits per heavy atom. The van der Waals surface area contributed by atoms with Gasteiger partial charge in [0.15, 0.2) is 0 Å². The average Bonchev–Trinajstić information content (AvgIpc) is 2.22. The number of benzene rings is 1. The third-order valence-electron chi connectivity index (χ3n) is 2.43. The lowest BCUT2D eigenvalue weighted by Crippen LogP contribution is -2.12. The molecule has 0 saturated heterocycles. The second-order valence-electron chi connectivity index (χ2n) is 4.22. The van der Waals surface area contributed by atoms with Crippen LogP contribution < -0.4 is 0 Å². The van der Waals surface area contributed by atoms with E-state index in [9.17, 15) is 4.79 Å². The number of halogens is 2. The lowest BCUT2D eigenvalue weighted by Gasteiger charge is -2.09. The molecule has 1 unspecified atom stereocenters. The van der Waals surface area contributed by atoms with E-state index in [1.54, 1.807) is 7.11 Å². The smallest absolute Gasteiger partial charge is 0.137 e. The van der Waals surface area contributed by atoms with Gasteiger partial charge in [0.05, 0.1) is 0 Å². The van der Waals surface area contributed by atoms with Crippen molar-refractivity contribution in [2.45, 2.75) is 19.8 Å². The third-order valence-corrected chi connectivity index (χ3v) is 3.28. The Balaban J connectivity index is 2.56. The first-order valence-electron chi connectivity index (χ1n) is 5.47. The zero-order valence-electron chi connectivity index (χ0n) is 10.0. The Bertz CT molecular complexity index is 393. The molecule has 1 aromatic carbocycles. The fraction of sp³-hybridized carbons (Fsp3) is 0.462. The van der Waals surface area contributed by atoms with Gasteiger partial charge < -0.3 is 4.74 Å². The van der Waals surface area contributed by atoms with Gasteiger partial charge in [-0.2, -0.15) is 0 Å². The van der Waals surface area contributed by atoms with Crippen LogP contribution in [0.4, 0.5) is 0 Å². The number of carbonyl (C=O) groups is 1. The zero-order valence-corrected chi connectivity index (χ0v) is 12.3. The van der Waals surface area contributed by atoms with E-state index in [1.165, 1.54) is 0 Å². The second-order valence-corrected chi connectivity index (χ2v) is 5.54. The first kappa shape index (κ1) is 14.7. The normalized spacial score (nSPS) is 12.5. The van der Waals surface area contributed by atoms with E-state index < -0.39 is 0 Å². The number of rotatable bonds is 6. The highest BCUT2D eigenvalue weighted by atomic mass is 79.9. The van der Waals surface area contributed by atoms with Crippen molar-refractivity contribution in [3.63, 3.8) is 0 Å². The van der Waals surface area contributed by atoms with Crippen molar-refractivity contribution >= 4 is 33.3 Å². The Labute approximate surface area is 115 Å². The topological polar surface area (TPSA) is 26.3 Å². The molecule has 0 aliphatic heterocycles. The highest BCUT2D eigenvalue weighted by Crippen LogP contribution is 2.22. The van der Waals surface area contributed by atoms with Gasteiger partial charge in [0.1, 0.15) is 5.78 Å². The highest BCUT2D eigenvalue weighted by Gasteiger charge is 2.11. The molecule has 0 fully saturated rings. The largest absolute Gasteiger partial charge is 0.384 e. The van der Waals surface area contributed by atoms with Gasteiger partial charge in [-0.1, -0.05) is 40.5 Å². The van der Waals surface area contributed by atoms with Crippen molar-refractivity contribution in [2.75, 3.05) is 13.7 Å². The van der Waals surface area contributed by atoms with Crippen LogP contribution >= 0.6 is 27.5 Å². The van der Waals surface area contributed by atoms with Gasteiger partial charge in [0, 0.05) is 36.1 Å². The van der Waals surface area contributed by atoms with E-state index in [-0.39, 0.29) is 11.7 Å². The van der Waals surface area contributed by atoms with E-state index in [4.69, 9.17) is 16.3 Å². The molecule has 1 aromatic rings. The van der Waals surface area contributed by atoms with Crippen LogP contribution in [0.1, 0.15) is 18.9 Å². The van der Waals surface area contributed by atoms with E-state index in [2.05, 4.69) is 15.9 Å². The summed E-state index contributed by atoms with van der Waals surface area (Å²) in [6, 6.07) is 5.58. The molecule has 0 amide bonds. The van der Waals surface area contributed by atoms with Gasteiger partial charge in [-0.25, -0.2) is 0 Å². The Morgan fingerprint density at radius 3 is 2.82 bits per heavy atom. The molecule has 17 heavy (non-hydrogen) atoms. The summed E-state index contributed by atoms with van der Waals surface area (Å²) >= 11 is 9.40. The van der Waals surface area contributed by atoms with Crippen molar-refractivity contribution in [3.05, 3.63) is 33.3 Å². The third kappa shape index (κ3) is 5.19. The van der Waals surface area contributed by atoms with Crippen LogP contribution in [0, 0.1) is 5.92 Å². The molecule has 94 valence electrons. The zero-order chi connectivity index (χ0) is 12.8. The molecule has 1 atom stereocenters. The Kier molecular flexibility index (Phi) is 6.17. The summed E-state index contributed by atoms with van der Waals surface area (Å²) in [4.78, 5) is 11.8. The quantitative estimate of drug-likeness (QED) is 0.795. The molecule has 2 nitrogen and oxygen atoms in total. The van der Waals surface area contributed by atoms with Crippen LogP contribution in [-0.4, -0.2) is 19.5 Å². The van der Waals surface area contributed by atoms with Gasteiger partial charge in [-0.15, -0.1) is 0 Å². The molecule has 0 heterocycles. The number of hydrogen-bond acceptors (Lipinski definition) is 2. The first-order valence-corrected chi connectivity index (χ1v) is 6.64. The molecule has 0 saturated carbocycles. The van der Waals surface area contributed by atoms with Crippen molar-refractivity contribution in [1.82, 2.24) is 0 Å². The highest BCUT2D eigenvalue weighted by molar-refractivity contribution is 9.10. The Morgan fingerprint density at radius 1 is 1.53 bits per heavy atom. The van der Waals surface area contributed by atoms with Crippen LogP contribution in [0.2, 0.25) is 5.02 Å². The summed E-state index contributed by atoms with van der Waals surface area (Å²) in [5, 5.41) is 0.632. The van der Waals surface area contributed by atoms with Crippen molar-refractivity contribution in [3.8, 4) is 0 Å². The number of hydrogen-bond donors (Lipinski definition) is 0. The predicted octanol–water partition coefficient (Wildman–Crippen LogP) is 3.89. The van der Waals surface area contributed by atoms with E-state index in [0.717, 1.165) is 10.0 Å². The van der Waals surface area contributed by atoms with Crippen LogP contribution in [0.15, 0.2) is 22.7 Å². The predicted molar refractivity (Wildman–Crippen MR) is 73.5 cm³/mol. The maximum atomic E-state index is 11.8. The molecule has 0 aromatic heterocycles. The van der Waals surface area contributed by atoms with Crippen molar-refractivity contribution in [1.29, 1.82) is 0 Å². The average molecular weight is 320 g/mol. The molecular weight excluding hydrogens is 303 g/mol. The van der Waals surface area contributed by atoms with Crippen LogP contribution in [0.5, 0.6) is 0 Å². The SMILES string of the molecule is COCC(C)CC(=O)Cc1ccc(Br)cc1Cl. The minimum absolute atomic E-state index is 0.193. The second kappa shape index (κ2) is 7.14. The maximum Gasteiger partial charge on any atom is 0.137 e. The Hall–Kier alpha value is -0.380. The van der Waals surface area contributed by atoms with Crippen LogP contribution in [-0.2, 0) is 16.0 Å². The minimum Gasteiger partial charge on any atom is -0.384 e. The molecule has 0 aliphatic rings. The molecule has 1 rings (SSSR count). The van der Waals surface area contributed by atoms with Crippen LogP contribution in [0.25, 0.3) is 0 Å². The summed E-state index contributed by atoms with van der Waals surface area (Å²) in [7, 11) is 1.65. The maximum absolute atomic E-state index is 11.8. The van der Waals surface area contributed by atoms with E-state index in [0.29, 0.717) is 24.5 Å². The van der Waals surface area contributed by atoms with Crippen molar-refractivity contribution < 1.29 is 9.53 Å². The lowest BCUT2D eigenvalue weighted by atomic mass is 10.0. The van der Waals surface area contributed by atoms with Gasteiger partial charge in [0.25, 0.3) is 0 Å². The molecule has 0 bridgehead atoms. The fourth-order valence-corrected chi connectivity index (χ4v) is 2.42. The van der Waals surface area contributed by atoms with Gasteiger partial charge in [-0.3, -0.25) is 4.79 Å².